The van der Waals surface area contributed by atoms with E-state index >= 15 is 0 Å². The minimum absolute atomic E-state index is 0.130. The van der Waals surface area contributed by atoms with Gasteiger partial charge < -0.3 is 0 Å². The smallest absolute Gasteiger partial charge is 0.277 e. The molecule has 1 heterocycles. The van der Waals surface area contributed by atoms with Crippen molar-refractivity contribution in [1.82, 2.24) is 10.2 Å². The summed E-state index contributed by atoms with van der Waals surface area (Å²) in [7, 11) is 0. The Balaban J connectivity index is 2.61. The van der Waals surface area contributed by atoms with Gasteiger partial charge in [0.2, 0.25) is 0 Å². The summed E-state index contributed by atoms with van der Waals surface area (Å²) in [5.41, 5.74) is -0.778. The zero-order valence-electron chi connectivity index (χ0n) is 8.77. The van der Waals surface area contributed by atoms with Gasteiger partial charge in [0.25, 0.3) is 0 Å². The summed E-state index contributed by atoms with van der Waals surface area (Å²) in [5, 5.41) is 5.51. The lowest BCUT2D eigenvalue weighted by Crippen LogP contribution is -2.05. The highest BCUT2D eigenvalue weighted by Crippen LogP contribution is 2.36. The van der Waals surface area contributed by atoms with Crippen LogP contribution in [-0.4, -0.2) is 10.2 Å². The Labute approximate surface area is 94.3 Å². The van der Waals surface area contributed by atoms with E-state index in [0.29, 0.717) is 11.8 Å². The third kappa shape index (κ3) is 2.15. The molecule has 0 atom stereocenters. The highest BCUT2D eigenvalue weighted by atomic mass is 19.4. The van der Waals surface area contributed by atoms with Gasteiger partial charge in [-0.3, -0.25) is 5.10 Å². The molecule has 90 valence electrons. The molecular weight excluding hydrogens is 236 g/mol. The molecule has 1 N–H and O–H groups in total. The van der Waals surface area contributed by atoms with Crippen molar-refractivity contribution in [3.8, 4) is 11.3 Å². The normalized spacial score (nSPS) is 11.8. The fourth-order valence-corrected chi connectivity index (χ4v) is 1.54. The predicted molar refractivity (Wildman–Crippen MR) is 53.7 cm³/mol. The zero-order chi connectivity index (χ0) is 12.6. The molecule has 6 heteroatoms. The minimum atomic E-state index is -4.56. The van der Waals surface area contributed by atoms with Gasteiger partial charge in [0.15, 0.2) is 0 Å². The highest BCUT2D eigenvalue weighted by Gasteiger charge is 2.35. The molecule has 0 radical (unpaired) electrons. The maximum absolute atomic E-state index is 13.5. The van der Waals surface area contributed by atoms with Gasteiger partial charge in [0.1, 0.15) is 11.4 Å². The van der Waals surface area contributed by atoms with Gasteiger partial charge >= 0.3 is 6.18 Å². The fraction of sp³-hybridized carbons (Fsp3) is 0.182. The Morgan fingerprint density at radius 1 is 1.24 bits per heavy atom. The first-order valence-corrected chi connectivity index (χ1v) is 4.76. The van der Waals surface area contributed by atoms with Gasteiger partial charge in [-0.25, -0.2) is 4.39 Å². The molecule has 0 aliphatic rings. The van der Waals surface area contributed by atoms with Crippen molar-refractivity contribution in [2.24, 2.45) is 0 Å². The van der Waals surface area contributed by atoms with E-state index in [2.05, 4.69) is 10.2 Å². The molecule has 0 fully saturated rings. The number of aromatic nitrogens is 2. The van der Waals surface area contributed by atoms with Crippen LogP contribution in [0.4, 0.5) is 17.6 Å². The van der Waals surface area contributed by atoms with E-state index in [9.17, 15) is 17.6 Å². The molecule has 2 aromatic rings. The standard InChI is InChI=1S/C11H8F4N2/c1-6-2-3-9(12)7(4-6)10-8(5-16-17-10)11(13,14)15/h2-5H,1H3,(H,16,17). The summed E-state index contributed by atoms with van der Waals surface area (Å²) in [5.74, 6) is -0.717. The van der Waals surface area contributed by atoms with E-state index in [-0.39, 0.29) is 11.3 Å². The summed E-state index contributed by atoms with van der Waals surface area (Å²) in [6.07, 6.45) is -3.91. The van der Waals surface area contributed by atoms with Crippen LogP contribution in [-0.2, 0) is 6.18 Å². The van der Waals surface area contributed by atoms with Crippen molar-refractivity contribution >= 4 is 0 Å². The summed E-state index contributed by atoms with van der Waals surface area (Å²) in [6, 6.07) is 3.96. The Morgan fingerprint density at radius 2 is 1.94 bits per heavy atom. The molecule has 0 amide bonds. The van der Waals surface area contributed by atoms with E-state index in [0.717, 1.165) is 6.07 Å². The van der Waals surface area contributed by atoms with Crippen molar-refractivity contribution in [3.63, 3.8) is 0 Å². The predicted octanol–water partition coefficient (Wildman–Crippen LogP) is 3.54. The zero-order valence-corrected chi connectivity index (χ0v) is 8.77. The quantitative estimate of drug-likeness (QED) is 0.763. The summed E-state index contributed by atoms with van der Waals surface area (Å²) < 4.78 is 51.3. The lowest BCUT2D eigenvalue weighted by atomic mass is 10.0. The Bertz CT molecular complexity index is 543. The van der Waals surface area contributed by atoms with E-state index < -0.39 is 17.6 Å². The fourth-order valence-electron chi connectivity index (χ4n) is 1.54. The minimum Gasteiger partial charge on any atom is -0.277 e. The number of hydrogen-bond acceptors (Lipinski definition) is 1. The van der Waals surface area contributed by atoms with Crippen LogP contribution in [0.2, 0.25) is 0 Å². The number of aromatic amines is 1. The number of alkyl halides is 3. The number of rotatable bonds is 1. The third-order valence-electron chi connectivity index (χ3n) is 2.34. The molecule has 1 aromatic heterocycles. The SMILES string of the molecule is Cc1ccc(F)c(-c2[nH]ncc2C(F)(F)F)c1. The molecule has 0 unspecified atom stereocenters. The number of hydrogen-bond donors (Lipinski definition) is 1. The summed E-state index contributed by atoms with van der Waals surface area (Å²) in [4.78, 5) is 0. The van der Waals surface area contributed by atoms with E-state index in [1.807, 2.05) is 0 Å². The van der Waals surface area contributed by atoms with Crippen LogP contribution in [0.1, 0.15) is 11.1 Å². The molecule has 0 aliphatic carbocycles. The molecule has 0 bridgehead atoms. The molecule has 0 spiro atoms. The molecule has 1 aromatic carbocycles. The van der Waals surface area contributed by atoms with Crippen molar-refractivity contribution < 1.29 is 17.6 Å². The third-order valence-corrected chi connectivity index (χ3v) is 2.34. The summed E-state index contributed by atoms with van der Waals surface area (Å²) in [6.45, 7) is 1.67. The second-order valence-electron chi connectivity index (χ2n) is 3.64. The first kappa shape index (κ1) is 11.6. The van der Waals surface area contributed by atoms with Crippen molar-refractivity contribution in [1.29, 1.82) is 0 Å². The van der Waals surface area contributed by atoms with Crippen LogP contribution >= 0.6 is 0 Å². The molecule has 2 rings (SSSR count). The largest absolute Gasteiger partial charge is 0.420 e. The molecule has 0 aliphatic heterocycles. The average molecular weight is 244 g/mol. The van der Waals surface area contributed by atoms with Crippen molar-refractivity contribution in [3.05, 3.63) is 41.3 Å². The topological polar surface area (TPSA) is 28.7 Å². The van der Waals surface area contributed by atoms with Gasteiger partial charge in [0, 0.05) is 5.56 Å². The van der Waals surface area contributed by atoms with E-state index in [1.165, 1.54) is 12.1 Å². The highest BCUT2D eigenvalue weighted by molar-refractivity contribution is 5.64. The van der Waals surface area contributed by atoms with Gasteiger partial charge in [0.05, 0.1) is 11.9 Å². The van der Waals surface area contributed by atoms with Crippen molar-refractivity contribution in [2.45, 2.75) is 13.1 Å². The van der Waals surface area contributed by atoms with Crippen LogP contribution in [0.25, 0.3) is 11.3 Å². The first-order chi connectivity index (χ1) is 7.89. The second kappa shape index (κ2) is 3.87. The average Bonchev–Trinajstić information content (AvgIpc) is 2.69. The Hall–Kier alpha value is -1.85. The number of nitrogens with zero attached hydrogens (tertiary/aromatic N) is 1. The van der Waals surface area contributed by atoms with E-state index in [4.69, 9.17) is 0 Å². The monoisotopic (exact) mass is 244 g/mol. The van der Waals surface area contributed by atoms with Gasteiger partial charge in [-0.15, -0.1) is 0 Å². The second-order valence-corrected chi connectivity index (χ2v) is 3.64. The van der Waals surface area contributed by atoms with Crippen LogP contribution in [0.5, 0.6) is 0 Å². The van der Waals surface area contributed by atoms with Crippen LogP contribution in [0.15, 0.2) is 24.4 Å². The van der Waals surface area contributed by atoms with Crippen LogP contribution < -0.4 is 0 Å². The van der Waals surface area contributed by atoms with Crippen molar-refractivity contribution in [2.75, 3.05) is 0 Å². The van der Waals surface area contributed by atoms with Crippen LogP contribution in [0, 0.1) is 12.7 Å². The van der Waals surface area contributed by atoms with Crippen LogP contribution in [0.3, 0.4) is 0 Å². The number of halogens is 4. The molecule has 0 saturated heterocycles. The van der Waals surface area contributed by atoms with Gasteiger partial charge in [-0.1, -0.05) is 11.6 Å². The maximum atomic E-state index is 13.5. The Morgan fingerprint density at radius 3 is 2.59 bits per heavy atom. The number of aryl methyl sites for hydroxylation is 1. The Kier molecular flexibility index (Phi) is 2.65. The number of nitrogens with one attached hydrogen (secondary N) is 1. The lowest BCUT2D eigenvalue weighted by molar-refractivity contribution is -0.137. The lowest BCUT2D eigenvalue weighted by Gasteiger charge is -2.08. The van der Waals surface area contributed by atoms with E-state index in [1.54, 1.807) is 6.92 Å². The molecule has 0 saturated carbocycles. The molecule has 17 heavy (non-hydrogen) atoms. The van der Waals surface area contributed by atoms with Gasteiger partial charge in [-0.05, 0) is 19.1 Å². The molecular formula is C11H8F4N2. The number of H-pyrrole nitrogens is 1. The van der Waals surface area contributed by atoms with Gasteiger partial charge in [-0.2, -0.15) is 18.3 Å². The first-order valence-electron chi connectivity index (χ1n) is 4.76. The summed E-state index contributed by atoms with van der Waals surface area (Å²) >= 11 is 0. The molecule has 2 nitrogen and oxygen atoms in total. The number of benzene rings is 1. The maximum Gasteiger partial charge on any atom is 0.420 e.